The van der Waals surface area contributed by atoms with Gasteiger partial charge in [0.2, 0.25) is 0 Å². The molecule has 0 spiro atoms. The minimum atomic E-state index is -0.0479. The van der Waals surface area contributed by atoms with Crippen LogP contribution in [0.5, 0.6) is 0 Å². The zero-order valence-corrected chi connectivity index (χ0v) is 15.7. The Bertz CT molecular complexity index is 259. The molecule has 0 aliphatic carbocycles. The van der Waals surface area contributed by atoms with E-state index in [1.54, 1.807) is 0 Å². The van der Waals surface area contributed by atoms with Gasteiger partial charge in [-0.2, -0.15) is 0 Å². The first kappa shape index (κ1) is 20.9. The van der Waals surface area contributed by atoms with Crippen molar-refractivity contribution in [1.29, 1.82) is 0 Å². The first-order chi connectivity index (χ1) is 9.46. The van der Waals surface area contributed by atoms with Gasteiger partial charge in [0.1, 0.15) is 0 Å². The Hall–Kier alpha value is -0.120. The Kier molecular flexibility index (Phi) is 9.06. The third-order valence-corrected chi connectivity index (χ3v) is 4.04. The molecule has 0 aliphatic rings. The molecule has 0 aromatic carbocycles. The molecule has 0 aromatic rings. The van der Waals surface area contributed by atoms with Gasteiger partial charge in [0.15, 0.2) is 0 Å². The maximum Gasteiger partial charge on any atom is 0.0598 e. The van der Waals surface area contributed by atoms with Crippen LogP contribution in [0, 0.1) is 10.8 Å². The van der Waals surface area contributed by atoms with E-state index in [4.69, 9.17) is 14.2 Å². The Balaban J connectivity index is 3.42. The predicted octanol–water partition coefficient (Wildman–Crippen LogP) is 4.69. The summed E-state index contributed by atoms with van der Waals surface area (Å²) in [5, 5.41) is 0. The number of hydrogen-bond donors (Lipinski definition) is 0. The van der Waals surface area contributed by atoms with Crippen molar-refractivity contribution in [3.8, 4) is 0 Å². The lowest BCUT2D eigenvalue weighted by Gasteiger charge is -2.38. The van der Waals surface area contributed by atoms with Crippen LogP contribution in [0.25, 0.3) is 0 Å². The first-order valence-corrected chi connectivity index (χ1v) is 8.25. The monoisotopic (exact) mass is 302 g/mol. The fourth-order valence-electron chi connectivity index (χ4n) is 1.45. The van der Waals surface area contributed by atoms with Gasteiger partial charge in [-0.15, -0.1) is 0 Å². The average molecular weight is 302 g/mol. The fourth-order valence-corrected chi connectivity index (χ4v) is 1.45. The smallest absolute Gasteiger partial charge is 0.0598 e. The highest BCUT2D eigenvalue weighted by atomic mass is 16.5. The quantitative estimate of drug-likeness (QED) is 0.548. The summed E-state index contributed by atoms with van der Waals surface area (Å²) in [6.45, 7) is 21.4. The molecule has 0 aromatic heterocycles. The van der Waals surface area contributed by atoms with Gasteiger partial charge in [-0.1, -0.05) is 34.6 Å². The molecule has 3 nitrogen and oxygen atoms in total. The van der Waals surface area contributed by atoms with E-state index in [0.717, 1.165) is 45.9 Å². The Morgan fingerprint density at radius 1 is 0.619 bits per heavy atom. The van der Waals surface area contributed by atoms with Crippen molar-refractivity contribution >= 4 is 0 Å². The van der Waals surface area contributed by atoms with Crippen molar-refractivity contribution in [3.05, 3.63) is 0 Å². The van der Waals surface area contributed by atoms with Crippen LogP contribution in [0.3, 0.4) is 0 Å². The number of rotatable bonds is 10. The summed E-state index contributed by atoms with van der Waals surface area (Å²) in [5.41, 5.74) is 0.405. The molecule has 0 saturated carbocycles. The van der Waals surface area contributed by atoms with Crippen LogP contribution < -0.4 is 0 Å². The minimum absolute atomic E-state index is 0.0479. The van der Waals surface area contributed by atoms with Gasteiger partial charge in [0.05, 0.1) is 12.2 Å². The Morgan fingerprint density at radius 2 is 1.10 bits per heavy atom. The molecule has 128 valence electrons. The van der Waals surface area contributed by atoms with Crippen LogP contribution in [0.1, 0.15) is 68.2 Å². The third-order valence-electron chi connectivity index (χ3n) is 4.04. The average Bonchev–Trinajstić information content (AvgIpc) is 2.28. The highest BCUT2D eigenvalue weighted by Crippen LogP contribution is 2.37. The largest absolute Gasteiger partial charge is 0.381 e. The van der Waals surface area contributed by atoms with E-state index in [0.29, 0.717) is 0 Å². The van der Waals surface area contributed by atoms with Crippen LogP contribution in [-0.4, -0.2) is 38.6 Å². The molecule has 0 rings (SSSR count). The van der Waals surface area contributed by atoms with Crippen molar-refractivity contribution in [2.24, 2.45) is 10.8 Å². The number of hydrogen-bond acceptors (Lipinski definition) is 3. The lowest BCUT2D eigenvalue weighted by molar-refractivity contribution is -0.0198. The highest BCUT2D eigenvalue weighted by molar-refractivity contribution is 4.81. The lowest BCUT2D eigenvalue weighted by atomic mass is 9.70. The topological polar surface area (TPSA) is 27.7 Å². The Labute approximate surface area is 132 Å². The summed E-state index contributed by atoms with van der Waals surface area (Å²) < 4.78 is 17.0. The molecule has 0 saturated heterocycles. The molecule has 0 atom stereocenters. The van der Waals surface area contributed by atoms with Gasteiger partial charge in [0, 0.05) is 26.4 Å². The van der Waals surface area contributed by atoms with Crippen molar-refractivity contribution in [2.75, 3.05) is 33.0 Å². The summed E-state index contributed by atoms with van der Waals surface area (Å²) >= 11 is 0. The molecular formula is C18H38O3. The van der Waals surface area contributed by atoms with E-state index >= 15 is 0 Å². The van der Waals surface area contributed by atoms with Crippen LogP contribution >= 0.6 is 0 Å². The molecular weight excluding hydrogens is 264 g/mol. The third kappa shape index (κ3) is 11.1. The summed E-state index contributed by atoms with van der Waals surface area (Å²) in [6.07, 6.45) is 1.91. The van der Waals surface area contributed by atoms with Gasteiger partial charge in [-0.25, -0.2) is 0 Å². The summed E-state index contributed by atoms with van der Waals surface area (Å²) in [6, 6.07) is 0. The Morgan fingerprint density at radius 3 is 1.57 bits per heavy atom. The van der Waals surface area contributed by atoms with Crippen molar-refractivity contribution < 1.29 is 14.2 Å². The molecule has 0 amide bonds. The molecule has 0 bridgehead atoms. The lowest BCUT2D eigenvalue weighted by Crippen LogP contribution is -2.34. The van der Waals surface area contributed by atoms with Gasteiger partial charge in [-0.05, 0) is 44.4 Å². The molecule has 0 heterocycles. The second-order valence-electron chi connectivity index (χ2n) is 8.47. The van der Waals surface area contributed by atoms with Gasteiger partial charge in [-0.3, -0.25) is 0 Å². The minimum Gasteiger partial charge on any atom is -0.381 e. The maximum absolute atomic E-state index is 5.79. The van der Waals surface area contributed by atoms with Crippen LogP contribution in [-0.2, 0) is 14.2 Å². The van der Waals surface area contributed by atoms with E-state index in [1.165, 1.54) is 0 Å². The molecule has 0 fully saturated rings. The molecule has 0 unspecified atom stereocenters. The van der Waals surface area contributed by atoms with Crippen molar-refractivity contribution in [3.63, 3.8) is 0 Å². The fraction of sp³-hybridized carbons (Fsp3) is 1.00. The van der Waals surface area contributed by atoms with E-state index in [-0.39, 0.29) is 16.4 Å². The van der Waals surface area contributed by atoms with E-state index in [1.807, 2.05) is 0 Å². The summed E-state index contributed by atoms with van der Waals surface area (Å²) in [5.74, 6) is 0. The molecule has 0 N–H and O–H groups in total. The second kappa shape index (κ2) is 9.12. The number of ether oxygens (including phenoxy) is 3. The zero-order valence-electron chi connectivity index (χ0n) is 15.7. The van der Waals surface area contributed by atoms with E-state index in [2.05, 4.69) is 55.4 Å². The molecule has 3 heteroatoms. The van der Waals surface area contributed by atoms with E-state index < -0.39 is 0 Å². The SMILES string of the molecule is CC(C)(C)OCCCOCCCOCC(C)(C)C(C)(C)C. The van der Waals surface area contributed by atoms with Crippen LogP contribution in [0.2, 0.25) is 0 Å². The standard InChI is InChI=1S/C18H38O3/c1-16(2,3)18(7,8)15-20-13-9-11-19-12-10-14-21-17(4,5)6/h9-15H2,1-8H3. The van der Waals surface area contributed by atoms with Gasteiger partial charge >= 0.3 is 0 Å². The summed E-state index contributed by atoms with van der Waals surface area (Å²) in [7, 11) is 0. The first-order valence-electron chi connectivity index (χ1n) is 8.25. The highest BCUT2D eigenvalue weighted by Gasteiger charge is 2.32. The predicted molar refractivity (Wildman–Crippen MR) is 89.8 cm³/mol. The second-order valence-corrected chi connectivity index (χ2v) is 8.47. The molecule has 0 aliphatic heterocycles. The van der Waals surface area contributed by atoms with Crippen LogP contribution in [0.15, 0.2) is 0 Å². The maximum atomic E-state index is 5.79. The normalized spacial score (nSPS) is 13.7. The van der Waals surface area contributed by atoms with E-state index in [9.17, 15) is 0 Å². The van der Waals surface area contributed by atoms with Gasteiger partial charge < -0.3 is 14.2 Å². The van der Waals surface area contributed by atoms with Crippen molar-refractivity contribution in [1.82, 2.24) is 0 Å². The van der Waals surface area contributed by atoms with Crippen LogP contribution in [0.4, 0.5) is 0 Å². The van der Waals surface area contributed by atoms with Gasteiger partial charge in [0.25, 0.3) is 0 Å². The molecule has 21 heavy (non-hydrogen) atoms. The van der Waals surface area contributed by atoms with Crippen molar-refractivity contribution in [2.45, 2.75) is 73.8 Å². The molecule has 0 radical (unpaired) electrons. The zero-order chi connectivity index (χ0) is 16.6. The summed E-state index contributed by atoms with van der Waals surface area (Å²) in [4.78, 5) is 0.